The van der Waals surface area contributed by atoms with E-state index < -0.39 is 5.54 Å². The highest BCUT2D eigenvalue weighted by atomic mass is 79.9. The lowest BCUT2D eigenvalue weighted by atomic mass is 10.0. The molecule has 6 heteroatoms. The molecule has 1 N–H and O–H groups in total. The average Bonchev–Trinajstić information content (AvgIpc) is 2.88. The van der Waals surface area contributed by atoms with Crippen molar-refractivity contribution < 1.29 is 4.79 Å². The SMILES string of the molecule is N#CC1(NC(=O)c2ccc(Br)s2)CCSC1. The van der Waals surface area contributed by atoms with Crippen LogP contribution in [0.3, 0.4) is 0 Å². The standard InChI is InChI=1S/C10H9BrN2OS2/c11-8-2-1-7(16-8)9(14)13-10(5-12)3-4-15-6-10/h1-2H,3-4,6H2,(H,13,14). The second-order valence-corrected chi connectivity index (χ2v) is 7.12. The monoisotopic (exact) mass is 316 g/mol. The van der Waals surface area contributed by atoms with E-state index in [2.05, 4.69) is 27.3 Å². The minimum absolute atomic E-state index is 0.153. The van der Waals surface area contributed by atoms with Crippen LogP contribution >= 0.6 is 39.0 Å². The number of amides is 1. The Morgan fingerprint density at radius 3 is 2.94 bits per heavy atom. The van der Waals surface area contributed by atoms with Gasteiger partial charge in [0.1, 0.15) is 5.54 Å². The van der Waals surface area contributed by atoms with E-state index in [0.29, 0.717) is 10.6 Å². The van der Waals surface area contributed by atoms with Gasteiger partial charge in [0.05, 0.1) is 14.7 Å². The molecule has 1 fully saturated rings. The van der Waals surface area contributed by atoms with Gasteiger partial charge in [0.2, 0.25) is 0 Å². The molecule has 1 atom stereocenters. The average molecular weight is 317 g/mol. The van der Waals surface area contributed by atoms with Gasteiger partial charge >= 0.3 is 0 Å². The molecule has 1 unspecified atom stereocenters. The molecular weight excluding hydrogens is 308 g/mol. The number of halogens is 1. The number of thiophene rings is 1. The van der Waals surface area contributed by atoms with E-state index in [-0.39, 0.29) is 5.91 Å². The number of carbonyl (C=O) groups excluding carboxylic acids is 1. The maximum absolute atomic E-state index is 11.9. The molecule has 3 nitrogen and oxygen atoms in total. The van der Waals surface area contributed by atoms with Crippen molar-refractivity contribution in [2.75, 3.05) is 11.5 Å². The topological polar surface area (TPSA) is 52.9 Å². The van der Waals surface area contributed by atoms with Crippen LogP contribution in [0.5, 0.6) is 0 Å². The lowest BCUT2D eigenvalue weighted by Crippen LogP contribution is -2.47. The number of rotatable bonds is 2. The van der Waals surface area contributed by atoms with Crippen molar-refractivity contribution in [3.05, 3.63) is 20.8 Å². The summed E-state index contributed by atoms with van der Waals surface area (Å²) >= 11 is 6.39. The Balaban J connectivity index is 2.10. The molecule has 84 valence electrons. The molecule has 16 heavy (non-hydrogen) atoms. The lowest BCUT2D eigenvalue weighted by molar-refractivity contribution is 0.0930. The van der Waals surface area contributed by atoms with Crippen LogP contribution in [0.4, 0.5) is 0 Å². The van der Waals surface area contributed by atoms with Crippen molar-refractivity contribution in [2.24, 2.45) is 0 Å². The number of hydrogen-bond donors (Lipinski definition) is 1. The first-order valence-electron chi connectivity index (χ1n) is 4.72. The first-order chi connectivity index (χ1) is 7.65. The first-order valence-corrected chi connectivity index (χ1v) is 7.48. The molecule has 0 bridgehead atoms. The van der Waals surface area contributed by atoms with Crippen molar-refractivity contribution in [3.8, 4) is 6.07 Å². The minimum atomic E-state index is -0.668. The van der Waals surface area contributed by atoms with Gasteiger partial charge in [-0.25, -0.2) is 0 Å². The zero-order valence-electron chi connectivity index (χ0n) is 8.33. The molecule has 0 saturated carbocycles. The van der Waals surface area contributed by atoms with Gasteiger partial charge in [-0.05, 0) is 40.2 Å². The Morgan fingerprint density at radius 1 is 1.62 bits per heavy atom. The van der Waals surface area contributed by atoms with Gasteiger partial charge in [0, 0.05) is 5.75 Å². The number of nitriles is 1. The third kappa shape index (κ3) is 2.42. The second kappa shape index (κ2) is 4.78. The first kappa shape index (κ1) is 12.0. The van der Waals surface area contributed by atoms with Crippen LogP contribution in [0.25, 0.3) is 0 Å². The molecule has 0 aromatic carbocycles. The summed E-state index contributed by atoms with van der Waals surface area (Å²) in [6, 6.07) is 5.82. The van der Waals surface area contributed by atoms with Crippen molar-refractivity contribution in [1.29, 1.82) is 5.26 Å². The van der Waals surface area contributed by atoms with E-state index in [0.717, 1.165) is 16.0 Å². The molecule has 1 aromatic rings. The molecule has 1 aliphatic rings. The summed E-state index contributed by atoms with van der Waals surface area (Å²) in [5, 5.41) is 12.0. The van der Waals surface area contributed by atoms with Crippen molar-refractivity contribution in [1.82, 2.24) is 5.32 Å². The van der Waals surface area contributed by atoms with E-state index in [1.807, 2.05) is 6.07 Å². The molecule has 1 saturated heterocycles. The second-order valence-electron chi connectivity index (χ2n) is 3.55. The van der Waals surface area contributed by atoms with Gasteiger partial charge in [-0.15, -0.1) is 11.3 Å². The van der Waals surface area contributed by atoms with E-state index in [1.54, 1.807) is 17.8 Å². The summed E-state index contributed by atoms with van der Waals surface area (Å²) in [7, 11) is 0. The Kier molecular flexibility index (Phi) is 3.57. The fourth-order valence-corrected chi connectivity index (χ4v) is 4.04. The Bertz CT molecular complexity index is 446. The molecular formula is C10H9BrN2OS2. The number of hydrogen-bond acceptors (Lipinski definition) is 4. The van der Waals surface area contributed by atoms with E-state index >= 15 is 0 Å². The highest BCUT2D eigenvalue weighted by molar-refractivity contribution is 9.11. The van der Waals surface area contributed by atoms with Crippen LogP contribution < -0.4 is 5.32 Å². The van der Waals surface area contributed by atoms with Gasteiger partial charge in [-0.3, -0.25) is 4.79 Å². The van der Waals surface area contributed by atoms with Crippen LogP contribution in [0.15, 0.2) is 15.9 Å². The Hall–Kier alpha value is -0.510. The highest BCUT2D eigenvalue weighted by Crippen LogP contribution is 2.28. The summed E-state index contributed by atoms with van der Waals surface area (Å²) in [5.74, 6) is 1.46. The van der Waals surface area contributed by atoms with Crippen LogP contribution in [0, 0.1) is 11.3 Å². The summed E-state index contributed by atoms with van der Waals surface area (Å²) < 4.78 is 0.921. The van der Waals surface area contributed by atoms with Crippen LogP contribution in [-0.2, 0) is 0 Å². The van der Waals surface area contributed by atoms with Crippen LogP contribution in [0.2, 0.25) is 0 Å². The fourth-order valence-electron chi connectivity index (χ4n) is 1.49. The van der Waals surface area contributed by atoms with Gasteiger partial charge in [0.25, 0.3) is 5.91 Å². The Labute approximate surface area is 110 Å². The van der Waals surface area contributed by atoms with E-state index in [1.165, 1.54) is 11.3 Å². The molecule has 1 aromatic heterocycles. The summed E-state index contributed by atoms with van der Waals surface area (Å²) in [4.78, 5) is 12.5. The molecule has 1 aliphatic heterocycles. The van der Waals surface area contributed by atoms with Gasteiger partial charge in [-0.1, -0.05) is 0 Å². The normalized spacial score (nSPS) is 24.0. The van der Waals surface area contributed by atoms with E-state index in [4.69, 9.17) is 5.26 Å². The summed E-state index contributed by atoms with van der Waals surface area (Å²) in [6.45, 7) is 0. The number of nitrogens with one attached hydrogen (secondary N) is 1. The zero-order valence-corrected chi connectivity index (χ0v) is 11.5. The highest BCUT2D eigenvalue weighted by Gasteiger charge is 2.36. The van der Waals surface area contributed by atoms with Crippen molar-refractivity contribution >= 4 is 44.9 Å². The molecule has 2 heterocycles. The molecule has 1 amide bonds. The molecule has 0 radical (unpaired) electrons. The largest absolute Gasteiger partial charge is 0.332 e. The van der Waals surface area contributed by atoms with Crippen molar-refractivity contribution in [3.63, 3.8) is 0 Å². The summed E-state index contributed by atoms with van der Waals surface area (Å²) in [5.41, 5.74) is -0.668. The third-order valence-corrected chi connectivity index (χ3v) is 5.20. The van der Waals surface area contributed by atoms with Gasteiger partial charge in [0.15, 0.2) is 0 Å². The fraction of sp³-hybridized carbons (Fsp3) is 0.400. The number of nitrogens with zero attached hydrogens (tertiary/aromatic N) is 1. The molecule has 0 spiro atoms. The van der Waals surface area contributed by atoms with Crippen LogP contribution in [0.1, 0.15) is 16.1 Å². The third-order valence-electron chi connectivity index (χ3n) is 2.39. The number of carbonyl (C=O) groups is 1. The lowest BCUT2D eigenvalue weighted by Gasteiger charge is -2.20. The maximum Gasteiger partial charge on any atom is 0.262 e. The predicted octanol–water partition coefficient (Wildman–Crippen LogP) is 2.64. The van der Waals surface area contributed by atoms with Crippen LogP contribution in [-0.4, -0.2) is 23.0 Å². The van der Waals surface area contributed by atoms with Gasteiger partial charge < -0.3 is 5.32 Å². The maximum atomic E-state index is 11.9. The Morgan fingerprint density at radius 2 is 2.44 bits per heavy atom. The number of thioether (sulfide) groups is 1. The predicted molar refractivity (Wildman–Crippen MR) is 69.8 cm³/mol. The van der Waals surface area contributed by atoms with Crippen molar-refractivity contribution in [2.45, 2.75) is 12.0 Å². The summed E-state index contributed by atoms with van der Waals surface area (Å²) in [6.07, 6.45) is 0.729. The molecule has 0 aliphatic carbocycles. The minimum Gasteiger partial charge on any atom is -0.332 e. The molecule has 2 rings (SSSR count). The zero-order chi connectivity index (χ0) is 11.6. The smallest absolute Gasteiger partial charge is 0.262 e. The van der Waals surface area contributed by atoms with E-state index in [9.17, 15) is 4.79 Å². The van der Waals surface area contributed by atoms with Gasteiger partial charge in [-0.2, -0.15) is 17.0 Å². The quantitative estimate of drug-likeness (QED) is 0.912.